The first kappa shape index (κ1) is 23.5. The fourth-order valence-corrected chi connectivity index (χ4v) is 4.65. The van der Waals surface area contributed by atoms with Gasteiger partial charge in [0.1, 0.15) is 11.5 Å². The van der Waals surface area contributed by atoms with E-state index in [9.17, 15) is 9.18 Å². The molecule has 2 aliphatic rings. The van der Waals surface area contributed by atoms with Gasteiger partial charge in [0, 0.05) is 37.4 Å². The Morgan fingerprint density at radius 2 is 1.89 bits per heavy atom. The Bertz CT molecular complexity index is 1150. The summed E-state index contributed by atoms with van der Waals surface area (Å²) in [6.07, 6.45) is 1.84. The molecule has 5 rings (SSSR count). The van der Waals surface area contributed by atoms with E-state index in [1.54, 1.807) is 23.1 Å². The maximum Gasteiger partial charge on any atom is 0.254 e. The van der Waals surface area contributed by atoms with Crippen LogP contribution in [0.15, 0.2) is 53.1 Å². The van der Waals surface area contributed by atoms with Crippen molar-refractivity contribution in [2.45, 2.75) is 32.4 Å². The van der Waals surface area contributed by atoms with Gasteiger partial charge in [-0.3, -0.25) is 4.79 Å². The Morgan fingerprint density at radius 1 is 1.11 bits per heavy atom. The third-order valence-electron chi connectivity index (χ3n) is 6.58. The van der Waals surface area contributed by atoms with E-state index in [0.717, 1.165) is 18.4 Å². The molecule has 2 saturated heterocycles. The normalized spacial score (nSPS) is 18.1. The molecule has 1 aromatic heterocycles. The highest BCUT2D eigenvalue weighted by atomic mass is 19.1. The summed E-state index contributed by atoms with van der Waals surface area (Å²) in [7, 11) is 0. The molecule has 2 aliphatic heterocycles. The Balaban J connectivity index is 1.53. The number of ether oxygens (including phenoxy) is 2. The van der Waals surface area contributed by atoms with Gasteiger partial charge < -0.3 is 23.8 Å². The minimum Gasteiger partial charge on any atom is -0.378 e. The summed E-state index contributed by atoms with van der Waals surface area (Å²) in [4.78, 5) is 17.5. The second-order valence-electron chi connectivity index (χ2n) is 9.08. The van der Waals surface area contributed by atoms with E-state index in [0.29, 0.717) is 67.7 Å². The van der Waals surface area contributed by atoms with Crippen LogP contribution in [0, 0.1) is 12.7 Å². The lowest BCUT2D eigenvalue weighted by Crippen LogP contribution is -2.39. The highest BCUT2D eigenvalue weighted by Crippen LogP contribution is 2.34. The molecule has 0 spiro atoms. The van der Waals surface area contributed by atoms with Crippen molar-refractivity contribution in [3.05, 3.63) is 71.0 Å². The topological polar surface area (TPSA) is 68.0 Å². The van der Waals surface area contributed by atoms with E-state index in [1.807, 2.05) is 31.2 Å². The zero-order chi connectivity index (χ0) is 24.2. The van der Waals surface area contributed by atoms with Crippen LogP contribution in [0.3, 0.4) is 0 Å². The van der Waals surface area contributed by atoms with Gasteiger partial charge in [-0.25, -0.2) is 4.39 Å². The maximum absolute atomic E-state index is 14.8. The first-order valence-electron chi connectivity index (χ1n) is 12.1. The smallest absolute Gasteiger partial charge is 0.254 e. The van der Waals surface area contributed by atoms with Crippen molar-refractivity contribution in [3.8, 4) is 11.3 Å². The molecule has 0 bridgehead atoms. The molecule has 0 radical (unpaired) electrons. The number of benzene rings is 2. The van der Waals surface area contributed by atoms with Crippen LogP contribution in [0.4, 0.5) is 10.3 Å². The predicted molar refractivity (Wildman–Crippen MR) is 130 cm³/mol. The van der Waals surface area contributed by atoms with Crippen LogP contribution in [0.1, 0.15) is 34.3 Å². The fourth-order valence-electron chi connectivity index (χ4n) is 4.65. The standard InChI is InChI=1S/C27H30FN3O4/c1-19-8-10-20(11-9-19)26(32)31(17-21-5-4-14-34-21)18-23-25(22-6-2-3-7-24(22)28)29-35-27(23)30-12-15-33-16-13-30/h2-3,6-11,21H,4-5,12-18H2,1H3/t21-/m0/s1. The summed E-state index contributed by atoms with van der Waals surface area (Å²) in [6, 6.07) is 14.1. The molecule has 184 valence electrons. The maximum atomic E-state index is 14.8. The van der Waals surface area contributed by atoms with Crippen LogP contribution in [-0.4, -0.2) is 61.5 Å². The summed E-state index contributed by atoms with van der Waals surface area (Å²) >= 11 is 0. The highest BCUT2D eigenvalue weighted by molar-refractivity contribution is 5.94. The monoisotopic (exact) mass is 479 g/mol. The van der Waals surface area contributed by atoms with Gasteiger partial charge in [-0.2, -0.15) is 0 Å². The second-order valence-corrected chi connectivity index (χ2v) is 9.08. The average molecular weight is 480 g/mol. The second kappa shape index (κ2) is 10.6. The third-order valence-corrected chi connectivity index (χ3v) is 6.58. The SMILES string of the molecule is Cc1ccc(C(=O)N(Cc2c(-c3ccccc3F)noc2N2CCOCC2)C[C@@H]2CCCO2)cc1. The van der Waals surface area contributed by atoms with Crippen molar-refractivity contribution < 1.29 is 23.2 Å². The number of hydrogen-bond acceptors (Lipinski definition) is 6. The van der Waals surface area contributed by atoms with E-state index in [1.165, 1.54) is 6.07 Å². The summed E-state index contributed by atoms with van der Waals surface area (Å²) < 4.78 is 32.0. The van der Waals surface area contributed by atoms with Crippen LogP contribution >= 0.6 is 0 Å². The van der Waals surface area contributed by atoms with Gasteiger partial charge in [0.05, 0.1) is 31.4 Å². The largest absolute Gasteiger partial charge is 0.378 e. The van der Waals surface area contributed by atoms with Gasteiger partial charge >= 0.3 is 0 Å². The Labute approximate surface area is 204 Å². The number of aryl methyl sites for hydroxylation is 1. The molecule has 7 nitrogen and oxygen atoms in total. The first-order valence-corrected chi connectivity index (χ1v) is 12.1. The Kier molecular flexibility index (Phi) is 7.11. The third kappa shape index (κ3) is 5.23. The molecule has 1 atom stereocenters. The predicted octanol–water partition coefficient (Wildman–Crippen LogP) is 4.45. The van der Waals surface area contributed by atoms with Crippen LogP contribution in [0.2, 0.25) is 0 Å². The number of anilines is 1. The van der Waals surface area contributed by atoms with Crippen molar-refractivity contribution >= 4 is 11.8 Å². The van der Waals surface area contributed by atoms with E-state index >= 15 is 0 Å². The van der Waals surface area contributed by atoms with E-state index < -0.39 is 0 Å². The molecule has 0 saturated carbocycles. The lowest BCUT2D eigenvalue weighted by Gasteiger charge is -2.29. The quantitative estimate of drug-likeness (QED) is 0.499. The van der Waals surface area contributed by atoms with Crippen LogP contribution in [0.25, 0.3) is 11.3 Å². The number of halogens is 1. The Hall–Kier alpha value is -3.23. The lowest BCUT2D eigenvalue weighted by molar-refractivity contribution is 0.0507. The molecule has 35 heavy (non-hydrogen) atoms. The van der Waals surface area contributed by atoms with E-state index in [-0.39, 0.29) is 24.4 Å². The molecule has 2 aromatic carbocycles. The van der Waals surface area contributed by atoms with Crippen molar-refractivity contribution in [1.82, 2.24) is 10.1 Å². The zero-order valence-corrected chi connectivity index (χ0v) is 19.9. The van der Waals surface area contributed by atoms with Crippen molar-refractivity contribution in [2.24, 2.45) is 0 Å². The number of aromatic nitrogens is 1. The fraction of sp³-hybridized carbons (Fsp3) is 0.407. The number of nitrogens with zero attached hydrogens (tertiary/aromatic N) is 3. The molecule has 8 heteroatoms. The number of hydrogen-bond donors (Lipinski definition) is 0. The average Bonchev–Trinajstić information content (AvgIpc) is 3.55. The van der Waals surface area contributed by atoms with E-state index in [4.69, 9.17) is 14.0 Å². The minimum atomic E-state index is -0.383. The van der Waals surface area contributed by atoms with Gasteiger partial charge in [-0.15, -0.1) is 0 Å². The van der Waals surface area contributed by atoms with Crippen LogP contribution in [-0.2, 0) is 16.0 Å². The van der Waals surface area contributed by atoms with Gasteiger partial charge in [-0.1, -0.05) is 35.0 Å². The van der Waals surface area contributed by atoms with Crippen molar-refractivity contribution in [3.63, 3.8) is 0 Å². The van der Waals surface area contributed by atoms with Gasteiger partial charge in [0.25, 0.3) is 5.91 Å². The summed E-state index contributed by atoms with van der Waals surface area (Å²) in [5.41, 5.74) is 3.15. The molecule has 0 aliphatic carbocycles. The zero-order valence-electron chi connectivity index (χ0n) is 19.9. The molecule has 0 unspecified atom stereocenters. The number of rotatable bonds is 7. The molecular formula is C27H30FN3O4. The number of amides is 1. The van der Waals surface area contributed by atoms with E-state index in [2.05, 4.69) is 10.1 Å². The summed E-state index contributed by atoms with van der Waals surface area (Å²) in [5, 5.41) is 4.28. The summed E-state index contributed by atoms with van der Waals surface area (Å²) in [5.74, 6) is 0.0702. The summed E-state index contributed by atoms with van der Waals surface area (Å²) in [6.45, 7) is 5.76. The molecule has 0 N–H and O–H groups in total. The van der Waals surface area contributed by atoms with Gasteiger partial charge in [-0.05, 0) is 44.0 Å². The number of carbonyl (C=O) groups is 1. The Morgan fingerprint density at radius 3 is 2.60 bits per heavy atom. The molecular weight excluding hydrogens is 449 g/mol. The lowest BCUT2D eigenvalue weighted by atomic mass is 10.0. The molecule has 3 aromatic rings. The van der Waals surface area contributed by atoms with Crippen LogP contribution in [0.5, 0.6) is 0 Å². The molecule has 3 heterocycles. The minimum absolute atomic E-state index is 0.0343. The van der Waals surface area contributed by atoms with Gasteiger partial charge in [0.2, 0.25) is 5.88 Å². The number of carbonyl (C=O) groups excluding carboxylic acids is 1. The van der Waals surface area contributed by atoms with Crippen molar-refractivity contribution in [1.29, 1.82) is 0 Å². The molecule has 1 amide bonds. The highest BCUT2D eigenvalue weighted by Gasteiger charge is 2.30. The molecule has 2 fully saturated rings. The first-order chi connectivity index (χ1) is 17.1. The number of morpholine rings is 1. The van der Waals surface area contributed by atoms with Crippen LogP contribution < -0.4 is 4.90 Å². The van der Waals surface area contributed by atoms with Gasteiger partial charge in [0.15, 0.2) is 0 Å². The van der Waals surface area contributed by atoms with Crippen molar-refractivity contribution in [2.75, 3.05) is 44.4 Å².